The Kier molecular flexibility index (Phi) is 4.19. The quantitative estimate of drug-likeness (QED) is 0.367. The molecule has 0 unspecified atom stereocenters. The van der Waals surface area contributed by atoms with Crippen molar-refractivity contribution < 1.29 is 14.0 Å². The Morgan fingerprint density at radius 3 is 2.82 bits per heavy atom. The van der Waals surface area contributed by atoms with Crippen LogP contribution in [0.25, 0.3) is 33.5 Å². The van der Waals surface area contributed by atoms with E-state index in [2.05, 4.69) is 20.5 Å². The number of H-pyrrole nitrogens is 2. The van der Waals surface area contributed by atoms with Crippen molar-refractivity contribution >= 4 is 45.2 Å². The van der Waals surface area contributed by atoms with Gasteiger partial charge >= 0.3 is 0 Å². The number of imidazole rings is 1. The lowest BCUT2D eigenvalue weighted by Crippen LogP contribution is -2.35. The van der Waals surface area contributed by atoms with Gasteiger partial charge in [0.2, 0.25) is 5.91 Å². The Bertz CT molecular complexity index is 1570. The summed E-state index contributed by atoms with van der Waals surface area (Å²) in [4.78, 5) is 35.5. The summed E-state index contributed by atoms with van der Waals surface area (Å²) >= 11 is 0. The van der Waals surface area contributed by atoms with Crippen LogP contribution >= 0.6 is 0 Å². The smallest absolute Gasteiger partial charge is 0.291 e. The first-order chi connectivity index (χ1) is 16.4. The number of likely N-dealkylation sites (N-methyl/N-ethyl adjacent to an activating group) is 1. The zero-order chi connectivity index (χ0) is 23.6. The van der Waals surface area contributed by atoms with E-state index in [1.165, 1.54) is 6.20 Å². The summed E-state index contributed by atoms with van der Waals surface area (Å²) in [5.74, 6) is 0.444. The number of para-hydroxylation sites is 1. The number of nitrogens with zero attached hydrogens (tertiary/aromatic N) is 3. The number of benzene rings is 2. The summed E-state index contributed by atoms with van der Waals surface area (Å²) in [6.45, 7) is 6.43. The summed E-state index contributed by atoms with van der Waals surface area (Å²) in [6.07, 6.45) is 1.53. The van der Waals surface area contributed by atoms with Gasteiger partial charge in [0.15, 0.2) is 11.6 Å². The Balaban J connectivity index is 1.35. The van der Waals surface area contributed by atoms with Gasteiger partial charge in [-0.1, -0.05) is 18.2 Å². The van der Waals surface area contributed by atoms with E-state index >= 15 is 0 Å². The first kappa shape index (κ1) is 20.2. The molecule has 2 amide bonds. The van der Waals surface area contributed by atoms with Crippen LogP contribution in [0.2, 0.25) is 0 Å². The van der Waals surface area contributed by atoms with Gasteiger partial charge in [0.25, 0.3) is 5.91 Å². The van der Waals surface area contributed by atoms with Gasteiger partial charge in [-0.3, -0.25) is 14.7 Å². The van der Waals surface area contributed by atoms with Crippen molar-refractivity contribution in [1.82, 2.24) is 20.2 Å². The Morgan fingerprint density at radius 1 is 1.21 bits per heavy atom. The van der Waals surface area contributed by atoms with Crippen LogP contribution in [0.15, 0.2) is 53.1 Å². The van der Waals surface area contributed by atoms with Gasteiger partial charge in [0.1, 0.15) is 11.3 Å². The number of amides is 2. The molecule has 3 aromatic heterocycles. The van der Waals surface area contributed by atoms with Crippen LogP contribution < -0.4 is 10.2 Å². The lowest BCUT2D eigenvalue weighted by Gasteiger charge is -2.18. The maximum absolute atomic E-state index is 12.8. The summed E-state index contributed by atoms with van der Waals surface area (Å²) in [7, 11) is 0. The number of hydrogen-bond donors (Lipinski definition) is 3. The molecular weight excluding hydrogens is 432 g/mol. The van der Waals surface area contributed by atoms with Crippen LogP contribution in [-0.4, -0.2) is 38.5 Å². The minimum atomic E-state index is -0.607. The molecule has 1 aliphatic rings. The van der Waals surface area contributed by atoms with Gasteiger partial charge in [-0.15, -0.1) is 0 Å². The minimum Gasteiger partial charge on any atom is -0.451 e. The fraction of sp³-hybridized carbons (Fsp3) is 0.200. The van der Waals surface area contributed by atoms with Crippen molar-refractivity contribution in [3.63, 3.8) is 0 Å². The van der Waals surface area contributed by atoms with E-state index in [0.717, 1.165) is 27.7 Å². The highest BCUT2D eigenvalue weighted by Crippen LogP contribution is 2.43. The van der Waals surface area contributed by atoms with Crippen LogP contribution in [0.1, 0.15) is 36.9 Å². The van der Waals surface area contributed by atoms with Crippen molar-refractivity contribution in [2.75, 3.05) is 16.8 Å². The molecule has 5 aromatic rings. The first-order valence-corrected chi connectivity index (χ1v) is 11.1. The number of carbonyl (C=O) groups is 2. The number of nitrogens with one attached hydrogen (secondary N) is 3. The molecule has 0 saturated carbocycles. The monoisotopic (exact) mass is 454 g/mol. The molecule has 0 spiro atoms. The molecule has 9 heteroatoms. The molecule has 3 N–H and O–H groups in total. The van der Waals surface area contributed by atoms with Crippen LogP contribution in [0.3, 0.4) is 0 Å². The summed E-state index contributed by atoms with van der Waals surface area (Å²) in [6, 6.07) is 13.1. The van der Waals surface area contributed by atoms with Crippen molar-refractivity contribution in [2.45, 2.75) is 26.2 Å². The second kappa shape index (κ2) is 7.05. The van der Waals surface area contributed by atoms with Crippen molar-refractivity contribution in [1.29, 1.82) is 0 Å². The van der Waals surface area contributed by atoms with Crippen molar-refractivity contribution in [2.24, 2.45) is 0 Å². The zero-order valence-corrected chi connectivity index (χ0v) is 18.9. The number of rotatable bonds is 4. The van der Waals surface area contributed by atoms with Crippen LogP contribution in [0.4, 0.5) is 11.4 Å². The fourth-order valence-corrected chi connectivity index (χ4v) is 4.60. The molecule has 170 valence electrons. The zero-order valence-electron chi connectivity index (χ0n) is 18.9. The third-order valence-electron chi connectivity index (χ3n) is 6.43. The number of anilines is 2. The van der Waals surface area contributed by atoms with Gasteiger partial charge in [-0.2, -0.15) is 5.10 Å². The lowest BCUT2D eigenvalue weighted by molar-refractivity contribution is -0.122. The molecule has 9 nitrogen and oxygen atoms in total. The summed E-state index contributed by atoms with van der Waals surface area (Å²) in [5, 5.41) is 10.7. The third-order valence-corrected chi connectivity index (χ3v) is 6.43. The molecule has 2 aromatic carbocycles. The van der Waals surface area contributed by atoms with Gasteiger partial charge in [-0.05, 0) is 50.6 Å². The Labute approximate surface area is 194 Å². The predicted molar refractivity (Wildman–Crippen MR) is 129 cm³/mol. The molecule has 0 radical (unpaired) electrons. The second-order valence-electron chi connectivity index (χ2n) is 8.91. The standard InChI is InChI=1S/C25H22N6O3/c1-4-31-18-11-16-15(10-14(18)25(2,3)24(31)33)27-22(28-16)21-17(12-26-30-21)29-23(32)20-9-13-7-5-6-8-19(13)34-20/h5-12H,4H2,1-3H3,(H,26,30)(H,27,28)(H,29,32). The SMILES string of the molecule is CCN1C(=O)C(C)(C)c2cc3[nH]c(-c4[nH]ncc4NC(=O)c4cc5ccccc5o4)nc3cc21. The van der Waals surface area contributed by atoms with Gasteiger partial charge in [0.05, 0.1) is 34.0 Å². The maximum Gasteiger partial charge on any atom is 0.291 e. The van der Waals surface area contributed by atoms with E-state index in [1.54, 1.807) is 11.0 Å². The molecule has 0 bridgehead atoms. The molecule has 4 heterocycles. The molecule has 1 aliphatic heterocycles. The van der Waals surface area contributed by atoms with E-state index < -0.39 is 5.41 Å². The number of fused-ring (bicyclic) bond motifs is 3. The summed E-state index contributed by atoms with van der Waals surface area (Å²) < 4.78 is 5.67. The van der Waals surface area contributed by atoms with E-state index in [4.69, 9.17) is 9.40 Å². The van der Waals surface area contributed by atoms with Gasteiger partial charge in [0, 0.05) is 11.9 Å². The third kappa shape index (κ3) is 2.86. The molecule has 0 saturated heterocycles. The predicted octanol–water partition coefficient (Wildman–Crippen LogP) is 4.60. The maximum atomic E-state index is 12.8. The van der Waals surface area contributed by atoms with Gasteiger partial charge < -0.3 is 19.6 Å². The van der Waals surface area contributed by atoms with Crippen molar-refractivity contribution in [3.05, 3.63) is 60.0 Å². The number of furan rings is 1. The van der Waals surface area contributed by atoms with E-state index in [0.29, 0.717) is 29.3 Å². The summed E-state index contributed by atoms with van der Waals surface area (Å²) in [5.41, 5.74) is 4.43. The molecule has 0 fully saturated rings. The Hall–Kier alpha value is -4.40. The van der Waals surface area contributed by atoms with E-state index in [1.807, 2.05) is 57.2 Å². The molecular formula is C25H22N6O3. The lowest BCUT2D eigenvalue weighted by atomic mass is 9.86. The van der Waals surface area contributed by atoms with Crippen LogP contribution in [0.5, 0.6) is 0 Å². The average Bonchev–Trinajstić information content (AvgIpc) is 3.58. The number of aromatic nitrogens is 4. The van der Waals surface area contributed by atoms with Crippen LogP contribution in [-0.2, 0) is 10.2 Å². The first-order valence-electron chi connectivity index (χ1n) is 11.1. The fourth-order valence-electron chi connectivity index (χ4n) is 4.60. The average molecular weight is 454 g/mol. The number of aromatic amines is 2. The highest BCUT2D eigenvalue weighted by atomic mass is 16.3. The van der Waals surface area contributed by atoms with Gasteiger partial charge in [-0.25, -0.2) is 4.98 Å². The molecule has 0 aliphatic carbocycles. The molecule has 6 rings (SSSR count). The number of carbonyl (C=O) groups excluding carboxylic acids is 2. The minimum absolute atomic E-state index is 0.0852. The molecule has 0 atom stereocenters. The number of hydrogen-bond acceptors (Lipinski definition) is 5. The highest BCUT2D eigenvalue weighted by Gasteiger charge is 2.43. The van der Waals surface area contributed by atoms with E-state index in [-0.39, 0.29) is 17.6 Å². The molecule has 34 heavy (non-hydrogen) atoms. The second-order valence-corrected chi connectivity index (χ2v) is 8.91. The van der Waals surface area contributed by atoms with E-state index in [9.17, 15) is 9.59 Å². The largest absolute Gasteiger partial charge is 0.451 e. The highest BCUT2D eigenvalue weighted by molar-refractivity contribution is 6.10. The topological polar surface area (TPSA) is 120 Å². The Morgan fingerprint density at radius 2 is 2.03 bits per heavy atom. The van der Waals surface area contributed by atoms with Crippen molar-refractivity contribution in [3.8, 4) is 11.5 Å². The van der Waals surface area contributed by atoms with Crippen LogP contribution in [0, 0.1) is 0 Å². The normalized spacial score (nSPS) is 14.8.